The second-order valence-electron chi connectivity index (χ2n) is 6.28. The van der Waals surface area contributed by atoms with E-state index in [1.54, 1.807) is 0 Å². The van der Waals surface area contributed by atoms with Crippen LogP contribution in [0.25, 0.3) is 0 Å². The summed E-state index contributed by atoms with van der Waals surface area (Å²) in [7, 11) is 0. The number of ether oxygens (including phenoxy) is 1. The number of hydrogen-bond acceptors (Lipinski definition) is 3. The number of benzene rings is 1. The second-order valence-corrected chi connectivity index (χ2v) is 7.14. The molecule has 0 unspecified atom stereocenters. The molecule has 0 aliphatic rings. The molecule has 124 valence electrons. The quantitative estimate of drug-likeness (QED) is 0.860. The van der Waals surface area contributed by atoms with Gasteiger partial charge in [-0.1, -0.05) is 34.1 Å². The number of carbonyl (C=O) groups is 1. The van der Waals surface area contributed by atoms with Gasteiger partial charge in [-0.05, 0) is 32.4 Å². The first-order valence-corrected chi connectivity index (χ1v) is 8.34. The molecule has 1 N–H and O–H groups in total. The van der Waals surface area contributed by atoms with Crippen molar-refractivity contribution in [3.63, 3.8) is 0 Å². The second kappa shape index (κ2) is 7.64. The van der Waals surface area contributed by atoms with E-state index >= 15 is 0 Å². The summed E-state index contributed by atoms with van der Waals surface area (Å²) < 4.78 is 8.38. The van der Waals surface area contributed by atoms with Crippen molar-refractivity contribution in [1.29, 1.82) is 0 Å². The summed E-state index contributed by atoms with van der Waals surface area (Å²) >= 11 is 3.56. The van der Waals surface area contributed by atoms with Crippen LogP contribution in [0.1, 0.15) is 32.0 Å². The van der Waals surface area contributed by atoms with E-state index in [0.717, 1.165) is 16.7 Å². The molecule has 1 aromatic heterocycles. The molecule has 1 aromatic carbocycles. The molecule has 23 heavy (non-hydrogen) atoms. The fourth-order valence-electron chi connectivity index (χ4n) is 2.12. The molecular formula is C17H22BrN3O2. The van der Waals surface area contributed by atoms with Gasteiger partial charge < -0.3 is 14.6 Å². The lowest BCUT2D eigenvalue weighted by molar-refractivity contribution is 0.0528. The molecule has 0 spiro atoms. The number of nitrogens with zero attached hydrogens (tertiary/aromatic N) is 2. The highest BCUT2D eigenvalue weighted by Crippen LogP contribution is 2.17. The number of halogens is 1. The number of nitrogens with one attached hydrogen (secondary N) is 1. The van der Waals surface area contributed by atoms with Crippen LogP contribution in [0, 0.1) is 0 Å². The van der Waals surface area contributed by atoms with E-state index in [9.17, 15) is 4.79 Å². The van der Waals surface area contributed by atoms with Gasteiger partial charge in [0.05, 0.1) is 6.33 Å². The molecule has 5 nitrogen and oxygen atoms in total. The topological polar surface area (TPSA) is 56.1 Å². The third-order valence-corrected chi connectivity index (χ3v) is 3.92. The van der Waals surface area contributed by atoms with Crippen LogP contribution in [0.2, 0.25) is 0 Å². The van der Waals surface area contributed by atoms with Gasteiger partial charge in [0.1, 0.15) is 5.60 Å². The Morgan fingerprint density at radius 3 is 2.78 bits per heavy atom. The third-order valence-electron chi connectivity index (χ3n) is 3.15. The molecule has 1 heterocycles. The van der Waals surface area contributed by atoms with Crippen LogP contribution in [0.4, 0.5) is 4.79 Å². The summed E-state index contributed by atoms with van der Waals surface area (Å²) in [5, 5.41) is 2.77. The number of imidazole rings is 1. The predicted molar refractivity (Wildman–Crippen MR) is 93.4 cm³/mol. The summed E-state index contributed by atoms with van der Waals surface area (Å²) in [5.74, 6) is 0. The molecule has 0 aliphatic heterocycles. The van der Waals surface area contributed by atoms with E-state index in [1.165, 1.54) is 5.56 Å². The normalized spacial score (nSPS) is 11.3. The summed E-state index contributed by atoms with van der Waals surface area (Å²) in [6.45, 7) is 6.79. The minimum atomic E-state index is -0.481. The van der Waals surface area contributed by atoms with Crippen LogP contribution in [0.15, 0.2) is 41.3 Å². The van der Waals surface area contributed by atoms with Gasteiger partial charge in [-0.25, -0.2) is 9.78 Å². The summed E-state index contributed by atoms with van der Waals surface area (Å²) in [4.78, 5) is 15.9. The maximum absolute atomic E-state index is 11.6. The summed E-state index contributed by atoms with van der Waals surface area (Å²) in [5.41, 5.74) is 1.77. The molecule has 2 rings (SSSR count). The van der Waals surface area contributed by atoms with Crippen molar-refractivity contribution in [3.8, 4) is 0 Å². The largest absolute Gasteiger partial charge is 0.444 e. The van der Waals surface area contributed by atoms with Crippen LogP contribution < -0.4 is 5.32 Å². The van der Waals surface area contributed by atoms with E-state index < -0.39 is 11.7 Å². The van der Waals surface area contributed by atoms with Gasteiger partial charge >= 0.3 is 6.09 Å². The first-order chi connectivity index (χ1) is 10.8. The lowest BCUT2D eigenvalue weighted by Gasteiger charge is -2.19. The monoisotopic (exact) mass is 379 g/mol. The van der Waals surface area contributed by atoms with Crippen molar-refractivity contribution in [2.45, 2.75) is 39.3 Å². The zero-order valence-corrected chi connectivity index (χ0v) is 15.3. The average molecular weight is 380 g/mol. The van der Waals surface area contributed by atoms with Crippen LogP contribution >= 0.6 is 15.9 Å². The maximum atomic E-state index is 11.6. The predicted octanol–water partition coefficient (Wildman–Crippen LogP) is 3.76. The molecule has 0 saturated carbocycles. The van der Waals surface area contributed by atoms with E-state index in [0.29, 0.717) is 13.0 Å². The van der Waals surface area contributed by atoms with Crippen molar-refractivity contribution in [3.05, 3.63) is 52.5 Å². The number of hydrogen-bond donors (Lipinski definition) is 1. The lowest BCUT2D eigenvalue weighted by atomic mass is 10.2. The number of alkyl carbamates (subject to hydrolysis) is 1. The van der Waals surface area contributed by atoms with Crippen molar-refractivity contribution in [2.75, 3.05) is 6.54 Å². The van der Waals surface area contributed by atoms with E-state index in [4.69, 9.17) is 4.74 Å². The van der Waals surface area contributed by atoms with Crippen LogP contribution in [-0.2, 0) is 17.7 Å². The first kappa shape index (κ1) is 17.5. The van der Waals surface area contributed by atoms with Gasteiger partial charge in [0.25, 0.3) is 0 Å². The summed E-state index contributed by atoms with van der Waals surface area (Å²) in [6, 6.07) is 8.11. The van der Waals surface area contributed by atoms with Crippen LogP contribution in [-0.4, -0.2) is 27.8 Å². The Morgan fingerprint density at radius 2 is 2.09 bits per heavy atom. The number of rotatable bonds is 5. The highest BCUT2D eigenvalue weighted by atomic mass is 79.9. The molecule has 6 heteroatoms. The Hall–Kier alpha value is -1.82. The Balaban J connectivity index is 1.89. The Labute approximate surface area is 145 Å². The minimum Gasteiger partial charge on any atom is -0.444 e. The van der Waals surface area contributed by atoms with Gasteiger partial charge in [-0.15, -0.1) is 0 Å². The fraction of sp³-hybridized carbons (Fsp3) is 0.412. The van der Waals surface area contributed by atoms with Crippen LogP contribution in [0.3, 0.4) is 0 Å². The SMILES string of the molecule is CC(C)(C)OC(=O)NCCc1cncn1Cc1ccccc1Br. The smallest absolute Gasteiger partial charge is 0.407 e. The van der Waals surface area contributed by atoms with E-state index in [-0.39, 0.29) is 0 Å². The van der Waals surface area contributed by atoms with Gasteiger partial charge in [-0.3, -0.25) is 0 Å². The van der Waals surface area contributed by atoms with E-state index in [2.05, 4.69) is 36.9 Å². The molecular weight excluding hydrogens is 358 g/mol. The highest BCUT2D eigenvalue weighted by molar-refractivity contribution is 9.10. The molecule has 0 aliphatic carbocycles. The molecule has 0 bridgehead atoms. The van der Waals surface area contributed by atoms with Crippen molar-refractivity contribution >= 4 is 22.0 Å². The van der Waals surface area contributed by atoms with E-state index in [1.807, 2.05) is 51.5 Å². The Morgan fingerprint density at radius 1 is 1.35 bits per heavy atom. The van der Waals surface area contributed by atoms with Crippen molar-refractivity contribution < 1.29 is 9.53 Å². The molecule has 0 atom stereocenters. The zero-order chi connectivity index (χ0) is 16.9. The number of carbonyl (C=O) groups excluding carboxylic acids is 1. The standard InChI is InChI=1S/C17H22BrN3O2/c1-17(2,3)23-16(22)20-9-8-14-10-19-12-21(14)11-13-6-4-5-7-15(13)18/h4-7,10,12H,8-9,11H2,1-3H3,(H,20,22). The fourth-order valence-corrected chi connectivity index (χ4v) is 2.53. The highest BCUT2D eigenvalue weighted by Gasteiger charge is 2.15. The lowest BCUT2D eigenvalue weighted by Crippen LogP contribution is -2.33. The molecule has 0 fully saturated rings. The third kappa shape index (κ3) is 5.71. The Kier molecular flexibility index (Phi) is 5.82. The van der Waals surface area contributed by atoms with Crippen LogP contribution in [0.5, 0.6) is 0 Å². The van der Waals surface area contributed by atoms with Crippen molar-refractivity contribution in [1.82, 2.24) is 14.9 Å². The number of amides is 1. The minimum absolute atomic E-state index is 0.394. The van der Waals surface area contributed by atoms with Crippen molar-refractivity contribution in [2.24, 2.45) is 0 Å². The summed E-state index contributed by atoms with van der Waals surface area (Å²) in [6.07, 6.45) is 3.94. The Bertz CT molecular complexity index is 662. The first-order valence-electron chi connectivity index (χ1n) is 7.54. The molecule has 2 aromatic rings. The van der Waals surface area contributed by atoms with Gasteiger partial charge in [-0.2, -0.15) is 0 Å². The molecule has 0 radical (unpaired) electrons. The van der Waals surface area contributed by atoms with Gasteiger partial charge in [0, 0.05) is 35.9 Å². The molecule has 1 amide bonds. The maximum Gasteiger partial charge on any atom is 0.407 e. The average Bonchev–Trinajstić information content (AvgIpc) is 2.87. The zero-order valence-electron chi connectivity index (χ0n) is 13.7. The number of aromatic nitrogens is 2. The van der Waals surface area contributed by atoms with Gasteiger partial charge in [0.15, 0.2) is 0 Å². The van der Waals surface area contributed by atoms with Gasteiger partial charge in [0.2, 0.25) is 0 Å². The molecule has 0 saturated heterocycles.